The van der Waals surface area contributed by atoms with Crippen molar-refractivity contribution in [1.29, 1.82) is 0 Å². The van der Waals surface area contributed by atoms with Crippen LogP contribution in [-0.2, 0) is 6.18 Å². The van der Waals surface area contributed by atoms with Crippen LogP contribution in [0.25, 0.3) is 22.0 Å². The third-order valence-electron chi connectivity index (χ3n) is 5.54. The summed E-state index contributed by atoms with van der Waals surface area (Å²) in [6, 6.07) is 19.4. The van der Waals surface area contributed by atoms with Gasteiger partial charge in [-0.05, 0) is 42.3 Å². The predicted octanol–water partition coefficient (Wildman–Crippen LogP) is 5.25. The van der Waals surface area contributed by atoms with Crippen molar-refractivity contribution in [2.75, 3.05) is 0 Å². The highest BCUT2D eigenvalue weighted by Gasteiger charge is 2.31. The molecule has 3 aromatic carbocycles. The molecule has 1 aromatic heterocycles. The average molecular weight is 403 g/mol. The van der Waals surface area contributed by atoms with E-state index in [-0.39, 0.29) is 0 Å². The van der Waals surface area contributed by atoms with Crippen molar-refractivity contribution in [1.82, 2.24) is 4.98 Å². The summed E-state index contributed by atoms with van der Waals surface area (Å²) < 4.78 is 39.4. The summed E-state index contributed by atoms with van der Waals surface area (Å²) in [6.07, 6.45) is -0.502. The van der Waals surface area contributed by atoms with E-state index in [9.17, 15) is 13.2 Å². The van der Waals surface area contributed by atoms with Gasteiger partial charge in [0.05, 0.1) is 16.7 Å². The molecule has 30 heavy (non-hydrogen) atoms. The Morgan fingerprint density at radius 1 is 0.900 bits per heavy atom. The molecule has 5 rings (SSSR count). The van der Waals surface area contributed by atoms with Gasteiger partial charge in [0.2, 0.25) is 5.69 Å². The molecule has 0 atom stereocenters. The van der Waals surface area contributed by atoms with Gasteiger partial charge in [0, 0.05) is 34.3 Å². The number of allylic oxidation sites excluding steroid dienone is 1. The second kappa shape index (κ2) is 6.73. The normalized spacial score (nSPS) is 14.9. The number of aromatic amines is 1. The number of hydrogen-bond acceptors (Lipinski definition) is 0. The van der Waals surface area contributed by atoms with Gasteiger partial charge in [0.25, 0.3) is 0 Å². The standard InChI is InChI=1S/C25H17F3N2/c1-15-5-4-8-22-23(15)20(14-30-22)24(16-9-11-17(12-10-16)25(26,27)28)19-13-29-21-7-3-2-6-18(19)21/h2-14,30H,1H3/p+1/b24-19+. The first kappa shape index (κ1) is 18.4. The topological polar surface area (TPSA) is 29.8 Å². The molecular weight excluding hydrogens is 385 g/mol. The number of aryl methyl sites for hydroxylation is 1. The Kier molecular flexibility index (Phi) is 4.13. The molecule has 0 saturated heterocycles. The lowest BCUT2D eigenvalue weighted by atomic mass is 9.89. The number of fused-ring (bicyclic) bond motifs is 2. The summed E-state index contributed by atoms with van der Waals surface area (Å²) in [5, 5.41) is 1.07. The molecule has 0 amide bonds. The Labute approximate surface area is 171 Å². The minimum atomic E-state index is -4.36. The van der Waals surface area contributed by atoms with E-state index in [1.54, 1.807) is 12.1 Å². The molecule has 0 unspecified atom stereocenters. The smallest absolute Gasteiger partial charge is 0.361 e. The van der Waals surface area contributed by atoms with Gasteiger partial charge in [0.1, 0.15) is 0 Å². The molecule has 2 N–H and O–H groups in total. The lowest BCUT2D eigenvalue weighted by Crippen LogP contribution is -2.58. The highest BCUT2D eigenvalue weighted by Crippen LogP contribution is 2.39. The van der Waals surface area contributed by atoms with E-state index >= 15 is 0 Å². The second-order valence-corrected chi connectivity index (χ2v) is 7.40. The zero-order valence-electron chi connectivity index (χ0n) is 16.1. The summed E-state index contributed by atoms with van der Waals surface area (Å²) in [7, 11) is 0. The molecule has 5 heteroatoms. The summed E-state index contributed by atoms with van der Waals surface area (Å²) in [4.78, 5) is 6.60. The average Bonchev–Trinajstić information content (AvgIpc) is 3.34. The first-order valence-electron chi connectivity index (χ1n) is 9.61. The van der Waals surface area contributed by atoms with Crippen molar-refractivity contribution >= 4 is 34.0 Å². The fraction of sp³-hybridized carbons (Fsp3) is 0.0800. The molecule has 0 aliphatic carbocycles. The van der Waals surface area contributed by atoms with E-state index in [0.29, 0.717) is 0 Å². The Bertz CT molecular complexity index is 1320. The Hall–Kier alpha value is -3.60. The number of hydrogen-bond donors (Lipinski definition) is 2. The second-order valence-electron chi connectivity index (χ2n) is 7.40. The van der Waals surface area contributed by atoms with Gasteiger partial charge < -0.3 is 4.98 Å². The summed E-state index contributed by atoms with van der Waals surface area (Å²) in [5.74, 6) is 0. The lowest BCUT2D eigenvalue weighted by molar-refractivity contribution is -0.342. The fourth-order valence-corrected chi connectivity index (χ4v) is 4.13. The first-order valence-corrected chi connectivity index (χ1v) is 9.61. The van der Waals surface area contributed by atoms with Gasteiger partial charge in [-0.1, -0.05) is 36.4 Å². The maximum Gasteiger partial charge on any atom is 0.416 e. The number of rotatable bonds is 2. The number of benzene rings is 3. The summed E-state index contributed by atoms with van der Waals surface area (Å²) in [5.41, 5.74) is 6.99. The predicted molar refractivity (Wildman–Crippen MR) is 114 cm³/mol. The lowest BCUT2D eigenvalue weighted by Gasteiger charge is -2.13. The molecule has 4 aromatic rings. The van der Waals surface area contributed by atoms with Crippen LogP contribution in [0, 0.1) is 6.92 Å². The molecule has 148 valence electrons. The minimum absolute atomic E-state index is 0.653. The van der Waals surface area contributed by atoms with E-state index < -0.39 is 11.7 Å². The van der Waals surface area contributed by atoms with Crippen LogP contribution in [0.4, 0.5) is 18.9 Å². The number of aromatic nitrogens is 1. The summed E-state index contributed by atoms with van der Waals surface area (Å²) >= 11 is 0. The zero-order chi connectivity index (χ0) is 20.9. The maximum absolute atomic E-state index is 13.1. The van der Waals surface area contributed by atoms with Crippen molar-refractivity contribution < 1.29 is 18.2 Å². The van der Waals surface area contributed by atoms with Crippen LogP contribution < -0.4 is 4.99 Å². The van der Waals surface area contributed by atoms with Gasteiger partial charge in [-0.15, -0.1) is 0 Å². The number of H-pyrrole nitrogens is 1. The van der Waals surface area contributed by atoms with Crippen molar-refractivity contribution in [3.8, 4) is 0 Å². The Balaban J connectivity index is 1.80. The van der Waals surface area contributed by atoms with E-state index in [1.165, 1.54) is 0 Å². The van der Waals surface area contributed by atoms with Gasteiger partial charge >= 0.3 is 6.18 Å². The van der Waals surface area contributed by atoms with E-state index in [4.69, 9.17) is 0 Å². The largest absolute Gasteiger partial charge is 0.416 e. The van der Waals surface area contributed by atoms with Crippen LogP contribution in [0.15, 0.2) is 72.9 Å². The highest BCUT2D eigenvalue weighted by molar-refractivity contribution is 6.25. The van der Waals surface area contributed by atoms with Crippen molar-refractivity contribution in [3.63, 3.8) is 0 Å². The Morgan fingerprint density at radius 3 is 2.43 bits per heavy atom. The molecule has 1 aliphatic heterocycles. The number of para-hydroxylation sites is 1. The highest BCUT2D eigenvalue weighted by atomic mass is 19.4. The van der Waals surface area contributed by atoms with E-state index in [2.05, 4.69) is 9.98 Å². The van der Waals surface area contributed by atoms with Gasteiger partial charge in [-0.25, -0.2) is 4.99 Å². The van der Waals surface area contributed by atoms with Crippen molar-refractivity contribution in [3.05, 3.63) is 101 Å². The van der Waals surface area contributed by atoms with Gasteiger partial charge in [-0.2, -0.15) is 13.2 Å². The van der Waals surface area contributed by atoms with Crippen molar-refractivity contribution in [2.45, 2.75) is 13.1 Å². The van der Waals surface area contributed by atoms with Crippen LogP contribution in [0.3, 0.4) is 0 Å². The first-order chi connectivity index (χ1) is 14.4. The molecule has 2 nitrogen and oxygen atoms in total. The summed E-state index contributed by atoms with van der Waals surface area (Å²) in [6.45, 7) is 2.04. The van der Waals surface area contributed by atoms with Crippen LogP contribution in [-0.4, -0.2) is 11.2 Å². The van der Waals surface area contributed by atoms with Gasteiger partial charge in [-0.3, -0.25) is 0 Å². The third-order valence-corrected chi connectivity index (χ3v) is 5.54. The van der Waals surface area contributed by atoms with Crippen molar-refractivity contribution in [2.24, 2.45) is 0 Å². The fourth-order valence-electron chi connectivity index (χ4n) is 4.13. The SMILES string of the molecule is Cc1cccc2[nH]cc(/C(=C3\C=[NH+]c4ccccc43)c3ccc(C(F)(F)F)cc3)c12. The van der Waals surface area contributed by atoms with E-state index in [0.717, 1.165) is 62.1 Å². The number of alkyl halides is 3. The molecule has 0 fully saturated rings. The molecule has 1 aliphatic rings. The molecule has 0 radical (unpaired) electrons. The maximum atomic E-state index is 13.1. The quantitative estimate of drug-likeness (QED) is 0.458. The third kappa shape index (κ3) is 2.94. The molecule has 0 saturated carbocycles. The van der Waals surface area contributed by atoms with Gasteiger partial charge in [0.15, 0.2) is 6.21 Å². The Morgan fingerprint density at radius 2 is 1.67 bits per heavy atom. The van der Waals surface area contributed by atoms with E-state index in [1.807, 2.05) is 61.8 Å². The monoisotopic (exact) mass is 403 g/mol. The molecular formula is C25H18F3N2+. The zero-order valence-corrected chi connectivity index (χ0v) is 16.1. The van der Waals surface area contributed by atoms with Crippen LogP contribution in [0.1, 0.15) is 27.8 Å². The number of halogens is 3. The van der Waals surface area contributed by atoms with Crippen LogP contribution >= 0.6 is 0 Å². The number of nitrogens with one attached hydrogen (secondary N) is 2. The molecule has 0 bridgehead atoms. The molecule has 0 spiro atoms. The molecule has 2 heterocycles. The minimum Gasteiger partial charge on any atom is -0.361 e. The van der Waals surface area contributed by atoms with Crippen LogP contribution in [0.2, 0.25) is 0 Å². The van der Waals surface area contributed by atoms with Crippen LogP contribution in [0.5, 0.6) is 0 Å².